The Morgan fingerprint density at radius 2 is 1.76 bits per heavy atom. The van der Waals surface area contributed by atoms with Gasteiger partial charge in [0.05, 0.1) is 44.4 Å². The number of anilines is 1. The molecule has 55 heavy (non-hydrogen) atoms. The Labute approximate surface area is 314 Å². The van der Waals surface area contributed by atoms with E-state index >= 15 is 8.78 Å². The van der Waals surface area contributed by atoms with Crippen molar-refractivity contribution in [1.29, 1.82) is 0 Å². The smallest absolute Gasteiger partial charge is 0.293 e. The number of benzene rings is 2. The van der Waals surface area contributed by atoms with Crippen LogP contribution in [0.3, 0.4) is 0 Å². The number of carbonyl (C=O) groups excluding carboxylic acids is 1. The Morgan fingerprint density at radius 3 is 2.45 bits per heavy atom. The number of nitrogens with zero attached hydrogens (tertiary/aromatic N) is 6. The Kier molecular flexibility index (Phi) is 8.71. The molecule has 1 fully saturated rings. The second-order valence-electron chi connectivity index (χ2n) is 13.8. The van der Waals surface area contributed by atoms with Crippen molar-refractivity contribution in [3.05, 3.63) is 93.5 Å². The number of hydrogen-bond acceptors (Lipinski definition) is 6. The molecule has 4 aromatic heterocycles. The number of carbonyl (C=O) groups is 1. The molecule has 0 bridgehead atoms. The number of aromatic nitrogens is 6. The zero-order valence-electron chi connectivity index (χ0n) is 29.2. The summed E-state index contributed by atoms with van der Waals surface area (Å²) < 4.78 is 119. The van der Waals surface area contributed by atoms with Crippen LogP contribution in [0.5, 0.6) is 0 Å². The zero-order chi connectivity index (χ0) is 39.3. The average Bonchev–Trinajstić information content (AvgIpc) is 3.44. The molecule has 4 heterocycles. The Hall–Kier alpha value is -5.10. The van der Waals surface area contributed by atoms with Gasteiger partial charge in [0.2, 0.25) is 15.9 Å². The van der Waals surface area contributed by atoms with E-state index in [9.17, 15) is 30.8 Å². The molecule has 8 rings (SSSR count). The number of fused-ring (bicyclic) bond motifs is 5. The summed E-state index contributed by atoms with van der Waals surface area (Å²) in [4.78, 5) is 18.8. The molecular formula is C36H31ClF6N8O3S. The van der Waals surface area contributed by atoms with Gasteiger partial charge in [-0.2, -0.15) is 19.0 Å². The van der Waals surface area contributed by atoms with Crippen LogP contribution in [0, 0.1) is 17.6 Å². The number of sulfonamides is 1. The number of nitrogens with one attached hydrogen (secondary N) is 2. The second-order valence-corrected chi connectivity index (χ2v) is 16.2. The highest BCUT2D eigenvalue weighted by molar-refractivity contribution is 7.92. The van der Waals surface area contributed by atoms with Crippen LogP contribution in [-0.4, -0.2) is 49.2 Å². The van der Waals surface area contributed by atoms with Crippen molar-refractivity contribution in [2.75, 3.05) is 10.5 Å². The highest BCUT2D eigenvalue weighted by Gasteiger charge is 2.67. The fourth-order valence-corrected chi connectivity index (χ4v) is 8.53. The van der Waals surface area contributed by atoms with Crippen LogP contribution < -0.4 is 10.0 Å². The van der Waals surface area contributed by atoms with E-state index in [2.05, 4.69) is 20.2 Å². The number of amides is 1. The van der Waals surface area contributed by atoms with Crippen molar-refractivity contribution in [3.63, 3.8) is 0 Å². The maximum absolute atomic E-state index is 15.4. The quantitative estimate of drug-likeness (QED) is 0.133. The third-order valence-electron chi connectivity index (χ3n) is 10.2. The van der Waals surface area contributed by atoms with Crippen molar-refractivity contribution in [1.82, 2.24) is 34.4 Å². The maximum Gasteiger partial charge on any atom is 0.293 e. The van der Waals surface area contributed by atoms with Gasteiger partial charge >= 0.3 is 0 Å². The first-order chi connectivity index (χ1) is 26.0. The van der Waals surface area contributed by atoms with Crippen LogP contribution >= 0.6 is 11.6 Å². The lowest BCUT2D eigenvalue weighted by Gasteiger charge is -2.23. The van der Waals surface area contributed by atoms with Gasteiger partial charge in [-0.3, -0.25) is 18.9 Å². The summed E-state index contributed by atoms with van der Waals surface area (Å²) in [6, 6.07) is 8.24. The van der Waals surface area contributed by atoms with Crippen molar-refractivity contribution >= 4 is 55.3 Å². The standard InChI is InChI=1S/C36H31ClF6N8O3S/c1-4-55(53,54)48-35-29-23(37)6-5-19(32(29)50(3)47-35)20-14-26-24(7-8-49(26)2)45-30(20)25(11-16-9-17(38)12-18(39)10-16)44-27(52)15-51-33-28(31(46-51)34(40)41)21-13-22(21)36(33,42)43/h5-10,12,14,21-22,25,34H,4,11,13,15H2,1-3H3,(H,44,52)(H,47,48)/t21-,22+,25-/m0/s1. The van der Waals surface area contributed by atoms with Crippen LogP contribution in [0.1, 0.15) is 59.9 Å². The Balaban J connectivity index is 1.28. The first-order valence-corrected chi connectivity index (χ1v) is 19.1. The lowest BCUT2D eigenvalue weighted by Crippen LogP contribution is -2.35. The molecule has 0 saturated heterocycles. The normalized spacial score (nSPS) is 17.9. The number of hydrogen-bond donors (Lipinski definition) is 2. The zero-order valence-corrected chi connectivity index (χ0v) is 30.8. The lowest BCUT2D eigenvalue weighted by molar-refractivity contribution is -0.123. The van der Waals surface area contributed by atoms with Crippen LogP contribution in [0.4, 0.5) is 32.2 Å². The molecule has 19 heteroatoms. The van der Waals surface area contributed by atoms with Crippen molar-refractivity contribution in [2.24, 2.45) is 20.0 Å². The molecule has 11 nitrogen and oxygen atoms in total. The highest BCUT2D eigenvalue weighted by Crippen LogP contribution is 2.68. The van der Waals surface area contributed by atoms with E-state index in [1.165, 1.54) is 17.7 Å². The fraction of sp³-hybridized carbons (Fsp3) is 0.333. The van der Waals surface area contributed by atoms with Crippen molar-refractivity contribution in [2.45, 2.75) is 50.6 Å². The first-order valence-electron chi connectivity index (χ1n) is 17.1. The molecule has 2 aliphatic carbocycles. The number of alkyl halides is 4. The van der Waals surface area contributed by atoms with Crippen LogP contribution in [-0.2, 0) is 47.8 Å². The summed E-state index contributed by atoms with van der Waals surface area (Å²) in [7, 11) is -0.445. The molecule has 0 spiro atoms. The van der Waals surface area contributed by atoms with E-state index in [4.69, 9.17) is 16.6 Å². The molecule has 0 unspecified atom stereocenters. The predicted octanol–water partition coefficient (Wildman–Crippen LogP) is 7.26. The molecular weight excluding hydrogens is 774 g/mol. The van der Waals surface area contributed by atoms with E-state index in [0.717, 1.165) is 12.1 Å². The van der Waals surface area contributed by atoms with Crippen LogP contribution in [0.15, 0.2) is 48.7 Å². The summed E-state index contributed by atoms with van der Waals surface area (Å²) in [6.45, 7) is 0.590. The molecule has 0 radical (unpaired) electrons. The number of pyridine rings is 1. The van der Waals surface area contributed by atoms with Gasteiger partial charge in [0.15, 0.2) is 5.82 Å². The number of aryl methyl sites for hydroxylation is 2. The van der Waals surface area contributed by atoms with Gasteiger partial charge in [-0.05, 0) is 61.6 Å². The maximum atomic E-state index is 15.4. The summed E-state index contributed by atoms with van der Waals surface area (Å²) in [6.07, 6.45) is -1.62. The molecule has 1 amide bonds. The van der Waals surface area contributed by atoms with Crippen LogP contribution in [0.25, 0.3) is 33.1 Å². The fourth-order valence-electron chi connectivity index (χ4n) is 7.70. The predicted molar refractivity (Wildman–Crippen MR) is 191 cm³/mol. The second kappa shape index (κ2) is 13.0. The van der Waals surface area contributed by atoms with Gasteiger partial charge < -0.3 is 9.88 Å². The van der Waals surface area contributed by atoms with Crippen LogP contribution in [0.2, 0.25) is 5.02 Å². The minimum Gasteiger partial charge on any atom is -0.349 e. The molecule has 0 aliphatic heterocycles. The topological polar surface area (TPSA) is 129 Å². The van der Waals surface area contributed by atoms with E-state index in [1.54, 1.807) is 43.1 Å². The third-order valence-corrected chi connectivity index (χ3v) is 11.8. The molecule has 288 valence electrons. The van der Waals surface area contributed by atoms with Crippen molar-refractivity contribution < 1.29 is 39.6 Å². The summed E-state index contributed by atoms with van der Waals surface area (Å²) in [5, 5.41) is 11.3. The largest absolute Gasteiger partial charge is 0.349 e. The third kappa shape index (κ3) is 6.28. The Morgan fingerprint density at radius 1 is 1.04 bits per heavy atom. The summed E-state index contributed by atoms with van der Waals surface area (Å²) in [5.41, 5.74) is 0.792. The monoisotopic (exact) mass is 804 g/mol. The molecule has 2 aliphatic rings. The molecule has 3 atom stereocenters. The first kappa shape index (κ1) is 36.9. The highest BCUT2D eigenvalue weighted by atomic mass is 35.5. The van der Waals surface area contributed by atoms with E-state index in [0.29, 0.717) is 38.4 Å². The summed E-state index contributed by atoms with van der Waals surface area (Å²) in [5.74, 6) is -8.37. The molecule has 2 aromatic carbocycles. The van der Waals surface area contributed by atoms with Gasteiger partial charge in [-0.15, -0.1) is 0 Å². The summed E-state index contributed by atoms with van der Waals surface area (Å²) >= 11 is 6.64. The van der Waals surface area contributed by atoms with Gasteiger partial charge in [0.1, 0.15) is 29.6 Å². The van der Waals surface area contributed by atoms with E-state index < -0.39 is 75.7 Å². The van der Waals surface area contributed by atoms with Gasteiger partial charge in [-0.25, -0.2) is 31.0 Å². The van der Waals surface area contributed by atoms with E-state index in [1.807, 2.05) is 0 Å². The number of rotatable bonds is 11. The molecule has 1 saturated carbocycles. The van der Waals surface area contributed by atoms with Gasteiger partial charge in [0, 0.05) is 49.0 Å². The SMILES string of the molecule is CCS(=O)(=O)Nc1nn(C)c2c(-c3cc4c(ccn4C)nc3[C@H](Cc3cc(F)cc(F)c3)NC(=O)Cn3nc(C(F)F)c4c3C(F)(F)[C@@H]3C[C@H]43)ccc(Cl)c12. The van der Waals surface area contributed by atoms with Gasteiger partial charge in [-0.1, -0.05) is 17.7 Å². The minimum absolute atomic E-state index is 0.0369. The van der Waals surface area contributed by atoms with Gasteiger partial charge in [0.25, 0.3) is 12.3 Å². The Bertz CT molecular complexity index is 2660. The molecule has 6 aromatic rings. The van der Waals surface area contributed by atoms with E-state index in [-0.39, 0.29) is 51.6 Å². The lowest BCUT2D eigenvalue weighted by atomic mass is 9.93. The average molecular weight is 805 g/mol. The molecule has 2 N–H and O–H groups in total. The van der Waals surface area contributed by atoms with Crippen molar-refractivity contribution in [3.8, 4) is 11.1 Å². The number of halogens is 7. The minimum atomic E-state index is -3.79.